The van der Waals surface area contributed by atoms with E-state index >= 15 is 0 Å². The average molecular weight is 278 g/mol. The van der Waals surface area contributed by atoms with Crippen LogP contribution in [0.25, 0.3) is 5.65 Å². The molecule has 0 unspecified atom stereocenters. The van der Waals surface area contributed by atoms with Gasteiger partial charge in [-0.25, -0.2) is 19.3 Å². The highest BCUT2D eigenvalue weighted by molar-refractivity contribution is 5.50. The fourth-order valence-electron chi connectivity index (χ4n) is 2.10. The van der Waals surface area contributed by atoms with Crippen LogP contribution >= 0.6 is 0 Å². The number of hydrogen-bond acceptors (Lipinski definition) is 5. The van der Waals surface area contributed by atoms with Gasteiger partial charge in [0.15, 0.2) is 5.65 Å². The monoisotopic (exact) mass is 278 g/mol. The first kappa shape index (κ1) is 14.5. The molecule has 0 saturated carbocycles. The molecule has 0 aromatic carbocycles. The Bertz CT molecular complexity index is 629. The summed E-state index contributed by atoms with van der Waals surface area (Å²) >= 11 is 0. The Hall–Kier alpha value is -1.89. The number of aromatic amines is 1. The van der Waals surface area contributed by atoms with Crippen LogP contribution in [0, 0.1) is 5.41 Å². The summed E-state index contributed by atoms with van der Waals surface area (Å²) in [6, 6.07) is 1.82. The van der Waals surface area contributed by atoms with E-state index in [1.54, 1.807) is 0 Å². The number of aromatic nitrogens is 4. The van der Waals surface area contributed by atoms with Crippen molar-refractivity contribution in [3.8, 4) is 0 Å². The molecule has 0 aliphatic rings. The number of nitrogens with two attached hydrogens (primary N) is 1. The number of nitrogens with zero attached hydrogens (tertiary/aromatic N) is 4. The van der Waals surface area contributed by atoms with Crippen molar-refractivity contribution in [1.82, 2.24) is 19.6 Å². The molecule has 0 spiro atoms. The number of rotatable bonds is 6. The number of anilines is 1. The van der Waals surface area contributed by atoms with Gasteiger partial charge >= 0.3 is 5.69 Å². The van der Waals surface area contributed by atoms with E-state index < -0.39 is 0 Å². The molecule has 0 fully saturated rings. The highest BCUT2D eigenvalue weighted by Gasteiger charge is 2.21. The fraction of sp³-hybridized carbons (Fsp3) is 0.615. The molecule has 0 saturated heterocycles. The second-order valence-corrected chi connectivity index (χ2v) is 5.79. The van der Waals surface area contributed by atoms with Crippen molar-refractivity contribution in [3.63, 3.8) is 0 Å². The Morgan fingerprint density at radius 1 is 1.50 bits per heavy atom. The SMILES string of the molecule is CCCN(CC(C)(C)CN)c1cc2n[nH]c(=O)n2cn1. The Balaban J connectivity index is 2.33. The molecule has 2 aromatic heterocycles. The third-order valence-electron chi connectivity index (χ3n) is 3.28. The maximum absolute atomic E-state index is 11.4. The summed E-state index contributed by atoms with van der Waals surface area (Å²) in [4.78, 5) is 18.0. The number of H-pyrrole nitrogens is 1. The molecule has 7 heteroatoms. The maximum Gasteiger partial charge on any atom is 0.348 e. The van der Waals surface area contributed by atoms with Crippen LogP contribution in [-0.4, -0.2) is 39.2 Å². The first-order valence-corrected chi connectivity index (χ1v) is 6.84. The lowest BCUT2D eigenvalue weighted by Crippen LogP contribution is -2.39. The zero-order chi connectivity index (χ0) is 14.8. The third kappa shape index (κ3) is 2.98. The molecule has 2 rings (SSSR count). The van der Waals surface area contributed by atoms with Crippen molar-refractivity contribution in [2.75, 3.05) is 24.5 Å². The largest absolute Gasteiger partial charge is 0.356 e. The summed E-state index contributed by atoms with van der Waals surface area (Å²) in [6.07, 6.45) is 2.52. The summed E-state index contributed by atoms with van der Waals surface area (Å²) in [5.41, 5.74) is 6.12. The van der Waals surface area contributed by atoms with Gasteiger partial charge in [-0.05, 0) is 18.4 Å². The van der Waals surface area contributed by atoms with Crippen molar-refractivity contribution < 1.29 is 0 Å². The third-order valence-corrected chi connectivity index (χ3v) is 3.28. The topological polar surface area (TPSA) is 92.3 Å². The first-order valence-electron chi connectivity index (χ1n) is 6.84. The van der Waals surface area contributed by atoms with Crippen molar-refractivity contribution in [3.05, 3.63) is 22.9 Å². The molecule has 2 heterocycles. The van der Waals surface area contributed by atoms with Gasteiger partial charge in [0.25, 0.3) is 0 Å². The lowest BCUT2D eigenvalue weighted by Gasteiger charge is -2.32. The van der Waals surface area contributed by atoms with Crippen LogP contribution in [-0.2, 0) is 0 Å². The summed E-state index contributed by atoms with van der Waals surface area (Å²) in [6.45, 7) is 8.70. The van der Waals surface area contributed by atoms with Gasteiger partial charge in [-0.3, -0.25) is 0 Å². The number of nitrogens with one attached hydrogen (secondary N) is 1. The predicted molar refractivity (Wildman–Crippen MR) is 78.9 cm³/mol. The van der Waals surface area contributed by atoms with Crippen LogP contribution in [0.4, 0.5) is 5.82 Å². The highest BCUT2D eigenvalue weighted by Crippen LogP contribution is 2.20. The van der Waals surface area contributed by atoms with E-state index in [2.05, 4.69) is 40.9 Å². The molecule has 0 atom stereocenters. The van der Waals surface area contributed by atoms with Crippen LogP contribution in [0.15, 0.2) is 17.2 Å². The Morgan fingerprint density at radius 3 is 2.90 bits per heavy atom. The van der Waals surface area contributed by atoms with Crippen molar-refractivity contribution >= 4 is 11.5 Å². The molecule has 3 N–H and O–H groups in total. The molecule has 7 nitrogen and oxygen atoms in total. The van der Waals surface area contributed by atoms with Gasteiger partial charge in [0, 0.05) is 19.2 Å². The van der Waals surface area contributed by atoms with Crippen molar-refractivity contribution in [1.29, 1.82) is 0 Å². The van der Waals surface area contributed by atoms with E-state index in [4.69, 9.17) is 5.73 Å². The van der Waals surface area contributed by atoms with E-state index in [1.807, 2.05) is 6.07 Å². The first-order chi connectivity index (χ1) is 9.46. The highest BCUT2D eigenvalue weighted by atomic mass is 16.1. The van der Waals surface area contributed by atoms with Crippen LogP contribution in [0.1, 0.15) is 27.2 Å². The summed E-state index contributed by atoms with van der Waals surface area (Å²) in [7, 11) is 0. The molecular weight excluding hydrogens is 256 g/mol. The molecule has 0 bridgehead atoms. The van der Waals surface area contributed by atoms with Gasteiger partial charge in [-0.15, -0.1) is 0 Å². The standard InChI is InChI=1S/C13H22N6O/c1-4-5-18(8-13(2,3)7-14)10-6-11-16-17-12(20)19(11)9-15-10/h6,9H,4-5,7-8,14H2,1-3H3,(H,17,20). The smallest absolute Gasteiger partial charge is 0.348 e. The zero-order valence-electron chi connectivity index (χ0n) is 12.3. The Morgan fingerprint density at radius 2 is 2.25 bits per heavy atom. The summed E-state index contributed by atoms with van der Waals surface area (Å²) in [5, 5.41) is 6.39. The summed E-state index contributed by atoms with van der Waals surface area (Å²) < 4.78 is 1.39. The van der Waals surface area contributed by atoms with E-state index in [-0.39, 0.29) is 11.1 Å². The second-order valence-electron chi connectivity index (χ2n) is 5.79. The number of fused-ring (bicyclic) bond motifs is 1. The molecule has 110 valence electrons. The van der Waals surface area contributed by atoms with Crippen molar-refractivity contribution in [2.45, 2.75) is 27.2 Å². The fourth-order valence-corrected chi connectivity index (χ4v) is 2.10. The second kappa shape index (κ2) is 5.62. The Labute approximate surface area is 117 Å². The zero-order valence-corrected chi connectivity index (χ0v) is 12.3. The molecule has 0 amide bonds. The van der Waals surface area contributed by atoms with Crippen LogP contribution in [0.2, 0.25) is 0 Å². The van der Waals surface area contributed by atoms with Gasteiger partial charge in [0.1, 0.15) is 12.1 Å². The minimum absolute atomic E-state index is 0.00815. The van der Waals surface area contributed by atoms with Gasteiger partial charge in [-0.1, -0.05) is 20.8 Å². The van der Waals surface area contributed by atoms with E-state index in [0.29, 0.717) is 12.2 Å². The quantitative estimate of drug-likeness (QED) is 0.808. The molecule has 20 heavy (non-hydrogen) atoms. The molecule has 0 aliphatic heterocycles. The van der Waals surface area contributed by atoms with Crippen molar-refractivity contribution in [2.24, 2.45) is 11.1 Å². The van der Waals surface area contributed by atoms with Gasteiger partial charge in [0.05, 0.1) is 0 Å². The average Bonchev–Trinajstić information content (AvgIpc) is 2.79. The molecular formula is C13H22N6O. The van der Waals surface area contributed by atoms with Crippen LogP contribution in [0.3, 0.4) is 0 Å². The normalized spacial score (nSPS) is 12.0. The minimum atomic E-state index is -0.275. The van der Waals surface area contributed by atoms with Crippen LogP contribution in [0.5, 0.6) is 0 Å². The maximum atomic E-state index is 11.4. The van der Waals surface area contributed by atoms with Gasteiger partial charge in [0.2, 0.25) is 0 Å². The molecule has 2 aromatic rings. The van der Waals surface area contributed by atoms with Gasteiger partial charge in [-0.2, -0.15) is 5.10 Å². The lowest BCUT2D eigenvalue weighted by atomic mass is 9.93. The number of hydrogen-bond donors (Lipinski definition) is 2. The van der Waals surface area contributed by atoms with Gasteiger partial charge < -0.3 is 10.6 Å². The van der Waals surface area contributed by atoms with E-state index in [9.17, 15) is 4.79 Å². The summed E-state index contributed by atoms with van der Waals surface area (Å²) in [5.74, 6) is 0.819. The molecule has 0 radical (unpaired) electrons. The van der Waals surface area contributed by atoms with Crippen LogP contribution < -0.4 is 16.3 Å². The van der Waals surface area contributed by atoms with E-state index in [1.165, 1.54) is 10.7 Å². The lowest BCUT2D eigenvalue weighted by molar-refractivity contribution is 0.376. The Kier molecular flexibility index (Phi) is 4.08. The predicted octanol–water partition coefficient (Wildman–Crippen LogP) is 0.619. The molecule has 0 aliphatic carbocycles. The van der Waals surface area contributed by atoms with E-state index in [0.717, 1.165) is 25.3 Å². The minimum Gasteiger partial charge on any atom is -0.356 e.